The zero-order valence-corrected chi connectivity index (χ0v) is 17.0. The Morgan fingerprint density at radius 3 is 2.72 bits per heavy atom. The lowest BCUT2D eigenvalue weighted by Crippen LogP contribution is -2.18. The van der Waals surface area contributed by atoms with Gasteiger partial charge in [-0.1, -0.05) is 0 Å². The zero-order valence-electron chi connectivity index (χ0n) is 17.0. The summed E-state index contributed by atoms with van der Waals surface area (Å²) in [6.45, 7) is 4.20. The summed E-state index contributed by atoms with van der Waals surface area (Å²) < 4.78 is 12.9. The fraction of sp³-hybridized carbons (Fsp3) is 0.364. The molecule has 7 heteroatoms. The highest BCUT2D eigenvalue weighted by atomic mass is 16.5. The van der Waals surface area contributed by atoms with Crippen LogP contribution in [0.4, 0.5) is 0 Å². The average molecular weight is 392 g/mol. The summed E-state index contributed by atoms with van der Waals surface area (Å²) in [4.78, 5) is 25.3. The van der Waals surface area contributed by atoms with Crippen LogP contribution in [-0.2, 0) is 7.05 Å². The van der Waals surface area contributed by atoms with Gasteiger partial charge in [0.25, 0.3) is 5.56 Å². The van der Waals surface area contributed by atoms with Crippen LogP contribution in [0.2, 0.25) is 0 Å². The lowest BCUT2D eigenvalue weighted by Gasteiger charge is -2.12. The van der Waals surface area contributed by atoms with E-state index in [0.717, 1.165) is 29.0 Å². The molecular weight excluding hydrogens is 368 g/mol. The lowest BCUT2D eigenvalue weighted by atomic mass is 10.1. The van der Waals surface area contributed by atoms with Gasteiger partial charge in [-0.15, -0.1) is 0 Å². The predicted octanol–water partition coefficient (Wildman–Crippen LogP) is 3.05. The minimum Gasteiger partial charge on any atom is -0.495 e. The molecule has 2 atom stereocenters. The molecule has 1 fully saturated rings. The normalized spacial score (nSPS) is 17.8. The number of rotatable bonds is 6. The van der Waals surface area contributed by atoms with Crippen LogP contribution in [0, 0.1) is 19.8 Å². The van der Waals surface area contributed by atoms with Crippen molar-refractivity contribution in [2.45, 2.75) is 26.2 Å². The molecule has 1 aliphatic rings. The van der Waals surface area contributed by atoms with E-state index in [1.54, 1.807) is 44.2 Å². The summed E-state index contributed by atoms with van der Waals surface area (Å²) in [6.07, 6.45) is 6.33. The van der Waals surface area contributed by atoms with Gasteiger partial charge in [-0.05, 0) is 38.5 Å². The largest absolute Gasteiger partial charge is 0.495 e. The number of nitrogens with zero attached hydrogens (tertiary/aromatic N) is 4. The first-order chi connectivity index (χ1) is 14.0. The first-order valence-electron chi connectivity index (χ1n) is 9.60. The molecule has 0 amide bonds. The van der Waals surface area contributed by atoms with E-state index in [0.29, 0.717) is 35.7 Å². The fourth-order valence-corrected chi connectivity index (χ4v) is 3.49. The van der Waals surface area contributed by atoms with E-state index in [1.165, 1.54) is 0 Å². The summed E-state index contributed by atoms with van der Waals surface area (Å²) in [6, 6.07) is 5.80. The smallest absolute Gasteiger partial charge is 0.253 e. The summed E-state index contributed by atoms with van der Waals surface area (Å²) in [7, 11) is 3.38. The van der Waals surface area contributed by atoms with E-state index in [-0.39, 0.29) is 5.56 Å². The highest BCUT2D eigenvalue weighted by Gasteiger charge is 2.40. The average Bonchev–Trinajstić information content (AvgIpc) is 3.50. The van der Waals surface area contributed by atoms with Crippen molar-refractivity contribution in [3.05, 3.63) is 64.2 Å². The van der Waals surface area contributed by atoms with Crippen molar-refractivity contribution in [3.63, 3.8) is 0 Å². The maximum atomic E-state index is 12.0. The zero-order chi connectivity index (χ0) is 20.5. The quantitative estimate of drug-likeness (QED) is 0.642. The van der Waals surface area contributed by atoms with Crippen molar-refractivity contribution in [1.29, 1.82) is 0 Å². The van der Waals surface area contributed by atoms with Crippen LogP contribution in [0.15, 0.2) is 41.6 Å². The van der Waals surface area contributed by atoms with Gasteiger partial charge in [-0.3, -0.25) is 9.78 Å². The molecule has 3 heterocycles. The molecule has 4 rings (SSSR count). The van der Waals surface area contributed by atoms with Crippen LogP contribution in [0.3, 0.4) is 0 Å². The molecule has 0 aromatic carbocycles. The summed E-state index contributed by atoms with van der Waals surface area (Å²) in [5.74, 6) is 2.75. The maximum absolute atomic E-state index is 12.0. The van der Waals surface area contributed by atoms with Gasteiger partial charge in [0.05, 0.1) is 25.5 Å². The summed E-state index contributed by atoms with van der Waals surface area (Å²) in [5, 5.41) is 0. The number of aryl methyl sites for hydroxylation is 3. The molecule has 1 unspecified atom stereocenters. The number of hydrogen-bond acceptors (Lipinski definition) is 6. The molecule has 3 aromatic heterocycles. The first-order valence-corrected chi connectivity index (χ1v) is 9.60. The SMILES string of the molecule is COc1ccc([C@@H]2CC2COc2nc(C)ncc2-c2cc(C)c(=O)n(C)c2)nc1. The predicted molar refractivity (Wildman–Crippen MR) is 109 cm³/mol. The van der Waals surface area contributed by atoms with Gasteiger partial charge in [0.15, 0.2) is 0 Å². The van der Waals surface area contributed by atoms with Crippen LogP contribution in [0.1, 0.15) is 29.4 Å². The Labute approximate surface area is 169 Å². The van der Waals surface area contributed by atoms with E-state index >= 15 is 0 Å². The molecule has 0 spiro atoms. The molecule has 0 bridgehead atoms. The first kappa shape index (κ1) is 19.1. The Hall–Kier alpha value is -3.22. The second-order valence-corrected chi connectivity index (χ2v) is 7.50. The van der Waals surface area contributed by atoms with Crippen molar-refractivity contribution in [2.24, 2.45) is 13.0 Å². The monoisotopic (exact) mass is 392 g/mol. The maximum Gasteiger partial charge on any atom is 0.253 e. The van der Waals surface area contributed by atoms with Gasteiger partial charge in [0.1, 0.15) is 11.6 Å². The lowest BCUT2D eigenvalue weighted by molar-refractivity contribution is 0.285. The third kappa shape index (κ3) is 3.99. The Kier molecular flexibility index (Phi) is 5.05. The second kappa shape index (κ2) is 7.66. The molecule has 0 radical (unpaired) electrons. The third-order valence-corrected chi connectivity index (χ3v) is 5.28. The van der Waals surface area contributed by atoms with Gasteiger partial charge >= 0.3 is 0 Å². The Bertz CT molecular complexity index is 1070. The topological polar surface area (TPSA) is 79.1 Å². The number of pyridine rings is 2. The molecular formula is C22H24N4O3. The van der Waals surface area contributed by atoms with Gasteiger partial charge in [0, 0.05) is 48.1 Å². The van der Waals surface area contributed by atoms with Crippen LogP contribution >= 0.6 is 0 Å². The van der Waals surface area contributed by atoms with Crippen molar-refractivity contribution in [3.8, 4) is 22.8 Å². The van der Waals surface area contributed by atoms with Crippen molar-refractivity contribution in [1.82, 2.24) is 19.5 Å². The van der Waals surface area contributed by atoms with Crippen molar-refractivity contribution >= 4 is 0 Å². The van der Waals surface area contributed by atoms with E-state index in [9.17, 15) is 4.79 Å². The van der Waals surface area contributed by atoms with E-state index < -0.39 is 0 Å². The van der Waals surface area contributed by atoms with Crippen LogP contribution in [0.5, 0.6) is 11.6 Å². The fourth-order valence-electron chi connectivity index (χ4n) is 3.49. The Morgan fingerprint density at radius 2 is 2.03 bits per heavy atom. The molecule has 29 heavy (non-hydrogen) atoms. The van der Waals surface area contributed by atoms with Gasteiger partial charge < -0.3 is 14.0 Å². The molecule has 7 nitrogen and oxygen atoms in total. The van der Waals surface area contributed by atoms with E-state index in [2.05, 4.69) is 15.0 Å². The molecule has 1 saturated carbocycles. The van der Waals surface area contributed by atoms with E-state index in [1.807, 2.05) is 25.1 Å². The molecule has 0 aliphatic heterocycles. The highest BCUT2D eigenvalue weighted by Crippen LogP contribution is 2.47. The van der Waals surface area contributed by atoms with Crippen molar-refractivity contribution < 1.29 is 9.47 Å². The number of aromatic nitrogens is 4. The number of ether oxygens (including phenoxy) is 2. The summed E-state index contributed by atoms with van der Waals surface area (Å²) in [5.41, 5.74) is 3.37. The van der Waals surface area contributed by atoms with Crippen LogP contribution < -0.4 is 15.0 Å². The number of methoxy groups -OCH3 is 1. The molecule has 3 aromatic rings. The third-order valence-electron chi connectivity index (χ3n) is 5.28. The standard InChI is InChI=1S/C22H24N4O3/c1-13-7-15(11-26(3)22(13)27)19-10-23-14(2)25-21(19)29-12-16-8-18(16)20-6-5-17(28-4)9-24-20/h5-7,9-11,16,18H,8,12H2,1-4H3/t16?,18-/m1/s1. The molecule has 0 saturated heterocycles. The summed E-state index contributed by atoms with van der Waals surface area (Å²) >= 11 is 0. The second-order valence-electron chi connectivity index (χ2n) is 7.50. The van der Waals surface area contributed by atoms with Crippen LogP contribution in [0.25, 0.3) is 11.1 Å². The molecule has 150 valence electrons. The molecule has 1 aliphatic carbocycles. The Morgan fingerprint density at radius 1 is 1.21 bits per heavy atom. The minimum atomic E-state index is -0.0166. The highest BCUT2D eigenvalue weighted by molar-refractivity contribution is 5.67. The minimum absolute atomic E-state index is 0.0166. The van der Waals surface area contributed by atoms with Gasteiger partial charge in [0.2, 0.25) is 5.88 Å². The van der Waals surface area contributed by atoms with Gasteiger partial charge in [-0.25, -0.2) is 4.98 Å². The van der Waals surface area contributed by atoms with Gasteiger partial charge in [-0.2, -0.15) is 4.98 Å². The number of hydrogen-bond donors (Lipinski definition) is 0. The van der Waals surface area contributed by atoms with E-state index in [4.69, 9.17) is 9.47 Å². The molecule has 0 N–H and O–H groups in total. The van der Waals surface area contributed by atoms with Crippen LogP contribution in [-0.4, -0.2) is 33.2 Å². The Balaban J connectivity index is 1.51. The van der Waals surface area contributed by atoms with Crippen molar-refractivity contribution in [2.75, 3.05) is 13.7 Å².